The molecule has 0 aliphatic carbocycles. The third-order valence-electron chi connectivity index (χ3n) is 4.73. The minimum absolute atomic E-state index is 0.146. The molecule has 0 radical (unpaired) electrons. The van der Waals surface area contributed by atoms with Gasteiger partial charge in [0.05, 0.1) is 12.3 Å². The Morgan fingerprint density at radius 2 is 1.89 bits per heavy atom. The second kappa shape index (κ2) is 7.26. The van der Waals surface area contributed by atoms with Crippen molar-refractivity contribution >= 4 is 17.8 Å². The highest BCUT2D eigenvalue weighted by molar-refractivity contribution is 6.08. The quantitative estimate of drug-likeness (QED) is 0.766. The highest BCUT2D eigenvalue weighted by atomic mass is 16.3. The molecule has 7 nitrogen and oxygen atoms in total. The van der Waals surface area contributed by atoms with Crippen LogP contribution in [0, 0.1) is 5.92 Å². The Bertz CT molecular complexity index is 832. The number of benzene rings is 1. The SMILES string of the molecule is CC(C)C(NC(=O)CN1C(=O)NC(C)(c2ccco2)C1=O)c1ccccc1. The fraction of sp³-hybridized carbons (Fsp3) is 0.350. The van der Waals surface area contributed by atoms with Gasteiger partial charge in [-0.05, 0) is 30.5 Å². The molecule has 3 rings (SSSR count). The fourth-order valence-corrected chi connectivity index (χ4v) is 3.23. The molecule has 1 aliphatic heterocycles. The third-order valence-corrected chi connectivity index (χ3v) is 4.73. The molecule has 1 aliphatic rings. The number of furan rings is 1. The topological polar surface area (TPSA) is 91.7 Å². The van der Waals surface area contributed by atoms with Crippen LogP contribution in [-0.2, 0) is 15.1 Å². The van der Waals surface area contributed by atoms with E-state index in [4.69, 9.17) is 4.42 Å². The largest absolute Gasteiger partial charge is 0.466 e. The minimum atomic E-state index is -1.31. The second-order valence-electron chi connectivity index (χ2n) is 7.12. The number of hydrogen-bond acceptors (Lipinski definition) is 4. The van der Waals surface area contributed by atoms with Crippen molar-refractivity contribution < 1.29 is 18.8 Å². The molecule has 2 heterocycles. The molecule has 4 amide bonds. The van der Waals surface area contributed by atoms with E-state index in [1.165, 1.54) is 6.26 Å². The van der Waals surface area contributed by atoms with Crippen LogP contribution in [0.5, 0.6) is 0 Å². The summed E-state index contributed by atoms with van der Waals surface area (Å²) in [6.07, 6.45) is 1.43. The highest BCUT2D eigenvalue weighted by Gasteiger charge is 2.51. The van der Waals surface area contributed by atoms with Gasteiger partial charge in [0.2, 0.25) is 5.91 Å². The van der Waals surface area contributed by atoms with Gasteiger partial charge in [0.15, 0.2) is 5.54 Å². The molecule has 27 heavy (non-hydrogen) atoms. The van der Waals surface area contributed by atoms with Gasteiger partial charge in [-0.25, -0.2) is 4.79 Å². The standard InChI is InChI=1S/C20H23N3O4/c1-13(2)17(14-8-5-4-6-9-14)21-16(24)12-23-18(25)20(3,22-19(23)26)15-10-7-11-27-15/h4-11,13,17H,12H2,1-3H3,(H,21,24)(H,22,26). The molecule has 2 atom stereocenters. The van der Waals surface area contributed by atoms with E-state index in [1.807, 2.05) is 44.2 Å². The average molecular weight is 369 g/mol. The highest BCUT2D eigenvalue weighted by Crippen LogP contribution is 2.29. The number of nitrogens with one attached hydrogen (secondary N) is 2. The van der Waals surface area contributed by atoms with E-state index in [0.29, 0.717) is 5.76 Å². The number of carbonyl (C=O) groups is 3. The summed E-state index contributed by atoms with van der Waals surface area (Å²) in [6, 6.07) is 12.0. The summed E-state index contributed by atoms with van der Waals surface area (Å²) in [7, 11) is 0. The van der Waals surface area contributed by atoms with Crippen LogP contribution in [0.4, 0.5) is 4.79 Å². The molecule has 7 heteroatoms. The maximum Gasteiger partial charge on any atom is 0.325 e. The van der Waals surface area contributed by atoms with Crippen LogP contribution >= 0.6 is 0 Å². The maximum absolute atomic E-state index is 12.8. The Kier molecular flexibility index (Phi) is 5.03. The first kappa shape index (κ1) is 18.7. The van der Waals surface area contributed by atoms with Crippen molar-refractivity contribution in [1.82, 2.24) is 15.5 Å². The fourth-order valence-electron chi connectivity index (χ4n) is 3.23. The lowest BCUT2D eigenvalue weighted by atomic mass is 9.96. The summed E-state index contributed by atoms with van der Waals surface area (Å²) in [5.41, 5.74) is -0.337. The van der Waals surface area contributed by atoms with Gasteiger partial charge in [0.1, 0.15) is 12.3 Å². The van der Waals surface area contributed by atoms with Gasteiger partial charge in [-0.3, -0.25) is 14.5 Å². The van der Waals surface area contributed by atoms with Crippen molar-refractivity contribution in [2.24, 2.45) is 5.92 Å². The van der Waals surface area contributed by atoms with E-state index in [9.17, 15) is 14.4 Å². The van der Waals surface area contributed by atoms with Gasteiger partial charge in [-0.15, -0.1) is 0 Å². The van der Waals surface area contributed by atoms with Gasteiger partial charge in [-0.1, -0.05) is 44.2 Å². The predicted molar refractivity (Wildman–Crippen MR) is 98.5 cm³/mol. The van der Waals surface area contributed by atoms with Crippen LogP contribution in [0.2, 0.25) is 0 Å². The van der Waals surface area contributed by atoms with Crippen molar-refractivity contribution in [3.8, 4) is 0 Å². The first-order valence-corrected chi connectivity index (χ1v) is 8.85. The smallest absolute Gasteiger partial charge is 0.325 e. The lowest BCUT2D eigenvalue weighted by molar-refractivity contribution is -0.135. The Labute approximate surface area is 157 Å². The molecule has 1 saturated heterocycles. The summed E-state index contributed by atoms with van der Waals surface area (Å²) < 4.78 is 5.28. The minimum Gasteiger partial charge on any atom is -0.466 e. The number of rotatable bonds is 6. The number of hydrogen-bond donors (Lipinski definition) is 2. The molecule has 1 aromatic carbocycles. The van der Waals surface area contributed by atoms with Crippen LogP contribution in [0.3, 0.4) is 0 Å². The second-order valence-corrected chi connectivity index (χ2v) is 7.12. The normalized spacial score (nSPS) is 20.7. The van der Waals surface area contributed by atoms with E-state index < -0.39 is 23.4 Å². The molecule has 1 aromatic heterocycles. The van der Waals surface area contributed by atoms with E-state index in [-0.39, 0.29) is 18.5 Å². The zero-order chi connectivity index (χ0) is 19.6. The van der Waals surface area contributed by atoms with Gasteiger partial charge in [0, 0.05) is 0 Å². The molecule has 2 unspecified atom stereocenters. The van der Waals surface area contributed by atoms with E-state index in [1.54, 1.807) is 19.1 Å². The molecular weight excluding hydrogens is 346 g/mol. The Hall–Kier alpha value is -3.09. The summed E-state index contributed by atoms with van der Waals surface area (Å²) in [6.45, 7) is 5.21. The predicted octanol–water partition coefficient (Wildman–Crippen LogP) is 2.56. The lowest BCUT2D eigenvalue weighted by Gasteiger charge is -2.24. The molecule has 0 saturated carbocycles. The molecule has 2 aromatic rings. The van der Waals surface area contributed by atoms with Crippen molar-refractivity contribution in [3.63, 3.8) is 0 Å². The van der Waals surface area contributed by atoms with Gasteiger partial charge >= 0.3 is 6.03 Å². The van der Waals surface area contributed by atoms with Crippen molar-refractivity contribution in [3.05, 3.63) is 60.1 Å². The summed E-state index contributed by atoms with van der Waals surface area (Å²) in [5, 5.41) is 5.54. The van der Waals surface area contributed by atoms with Gasteiger partial charge in [0.25, 0.3) is 5.91 Å². The first-order chi connectivity index (χ1) is 12.8. The summed E-state index contributed by atoms with van der Waals surface area (Å²) in [4.78, 5) is 38.5. The van der Waals surface area contributed by atoms with Gasteiger partial charge < -0.3 is 15.1 Å². The molecule has 2 N–H and O–H groups in total. The average Bonchev–Trinajstić information content (AvgIpc) is 3.25. The first-order valence-electron chi connectivity index (χ1n) is 8.85. The monoisotopic (exact) mass is 369 g/mol. The Morgan fingerprint density at radius 3 is 2.48 bits per heavy atom. The van der Waals surface area contributed by atoms with Crippen LogP contribution < -0.4 is 10.6 Å². The van der Waals surface area contributed by atoms with E-state index in [0.717, 1.165) is 10.5 Å². The van der Waals surface area contributed by atoms with Crippen LogP contribution in [-0.4, -0.2) is 29.3 Å². The summed E-state index contributed by atoms with van der Waals surface area (Å²) in [5.74, 6) is -0.441. The van der Waals surface area contributed by atoms with E-state index >= 15 is 0 Å². The number of imide groups is 1. The summed E-state index contributed by atoms with van der Waals surface area (Å²) >= 11 is 0. The van der Waals surface area contributed by atoms with E-state index in [2.05, 4.69) is 10.6 Å². The Morgan fingerprint density at radius 1 is 1.19 bits per heavy atom. The molecule has 0 spiro atoms. The number of urea groups is 1. The number of nitrogens with zero attached hydrogens (tertiary/aromatic N) is 1. The van der Waals surface area contributed by atoms with Crippen molar-refractivity contribution in [2.45, 2.75) is 32.4 Å². The van der Waals surface area contributed by atoms with Crippen LogP contribution in [0.1, 0.15) is 38.1 Å². The number of carbonyl (C=O) groups excluding carboxylic acids is 3. The maximum atomic E-state index is 12.8. The van der Waals surface area contributed by atoms with Crippen molar-refractivity contribution in [1.29, 1.82) is 0 Å². The van der Waals surface area contributed by atoms with Gasteiger partial charge in [-0.2, -0.15) is 0 Å². The van der Waals surface area contributed by atoms with Crippen LogP contribution in [0.25, 0.3) is 0 Å². The number of amides is 4. The Balaban J connectivity index is 1.72. The lowest BCUT2D eigenvalue weighted by Crippen LogP contribution is -2.44. The van der Waals surface area contributed by atoms with Crippen LogP contribution in [0.15, 0.2) is 53.1 Å². The molecular formula is C20H23N3O4. The zero-order valence-corrected chi connectivity index (χ0v) is 15.6. The third kappa shape index (κ3) is 3.58. The molecule has 142 valence electrons. The molecule has 1 fully saturated rings. The molecule has 0 bridgehead atoms. The van der Waals surface area contributed by atoms with Crippen molar-refractivity contribution in [2.75, 3.05) is 6.54 Å². The zero-order valence-electron chi connectivity index (χ0n) is 15.6.